The first-order valence-corrected chi connectivity index (χ1v) is 24.3. The number of pyridine rings is 2. The van der Waals surface area contributed by atoms with Gasteiger partial charge in [-0.3, -0.25) is 9.97 Å². The van der Waals surface area contributed by atoms with Crippen molar-refractivity contribution in [2.75, 3.05) is 4.90 Å². The molecule has 0 saturated heterocycles. The minimum Gasteiger partial charge on any atom is -0.457 e. The van der Waals surface area contributed by atoms with Crippen LogP contribution in [-0.4, -0.2) is 9.97 Å². The van der Waals surface area contributed by atoms with Crippen LogP contribution in [0.2, 0.25) is 0 Å². The van der Waals surface area contributed by atoms with Crippen LogP contribution < -0.4 is 9.64 Å². The van der Waals surface area contributed by atoms with Gasteiger partial charge in [-0.2, -0.15) is 0 Å². The molecule has 0 saturated carbocycles. The highest BCUT2D eigenvalue weighted by molar-refractivity contribution is 7.99. The van der Waals surface area contributed by atoms with E-state index in [0.29, 0.717) is 0 Å². The molecule has 0 bridgehead atoms. The van der Waals surface area contributed by atoms with Crippen LogP contribution in [0.1, 0.15) is 86.5 Å². The van der Waals surface area contributed by atoms with Gasteiger partial charge in [-0.15, -0.1) is 0 Å². The van der Waals surface area contributed by atoms with E-state index in [1.807, 2.05) is 24.5 Å². The molecule has 1 atom stereocenters. The average molecular weight is 906 g/mol. The highest BCUT2D eigenvalue weighted by atomic mass is 32.2. The van der Waals surface area contributed by atoms with Crippen LogP contribution >= 0.6 is 11.8 Å². The molecule has 0 radical (unpaired) electrons. The molecule has 9 rings (SSSR count). The van der Waals surface area contributed by atoms with E-state index in [4.69, 9.17) is 14.7 Å². The Balaban J connectivity index is 1.13. The van der Waals surface area contributed by atoms with Crippen molar-refractivity contribution in [3.05, 3.63) is 246 Å². The third-order valence-electron chi connectivity index (χ3n) is 12.6. The monoisotopic (exact) mass is 905 g/mol. The van der Waals surface area contributed by atoms with Gasteiger partial charge in [0.05, 0.1) is 17.3 Å². The summed E-state index contributed by atoms with van der Waals surface area (Å²) in [5, 5.41) is 0. The number of benzene rings is 7. The normalized spacial score (nSPS) is 12.1. The molecule has 5 heteroatoms. The average Bonchev–Trinajstić information content (AvgIpc) is 3.33. The van der Waals surface area contributed by atoms with Crippen molar-refractivity contribution in [3.63, 3.8) is 0 Å². The van der Waals surface area contributed by atoms with Crippen LogP contribution in [0.4, 0.5) is 17.1 Å². The summed E-state index contributed by atoms with van der Waals surface area (Å²) in [6.45, 7) is 17.9. The minimum absolute atomic E-state index is 0.0387. The molecule has 2 aromatic heterocycles. The third-order valence-corrected chi connectivity index (χ3v) is 13.7. The summed E-state index contributed by atoms with van der Waals surface area (Å²) in [5.74, 6) is 1.34. The molecule has 4 nitrogen and oxygen atoms in total. The quantitative estimate of drug-likeness (QED) is 0.122. The van der Waals surface area contributed by atoms with Gasteiger partial charge < -0.3 is 9.64 Å². The Morgan fingerprint density at radius 3 is 1.75 bits per heavy atom. The minimum atomic E-state index is -0.132. The second-order valence-electron chi connectivity index (χ2n) is 19.7. The molecular weight excluding hydrogens is 847 g/mol. The molecule has 0 aliphatic heterocycles. The molecule has 0 fully saturated rings. The summed E-state index contributed by atoms with van der Waals surface area (Å²) in [6.07, 6.45) is 3.80. The molecule has 7 aromatic carbocycles. The second kappa shape index (κ2) is 19.6. The van der Waals surface area contributed by atoms with Crippen LogP contribution in [0.5, 0.6) is 11.5 Å². The molecular formula is C63H59N3OS. The van der Waals surface area contributed by atoms with Gasteiger partial charge >= 0.3 is 0 Å². The van der Waals surface area contributed by atoms with Gasteiger partial charge in [0.2, 0.25) is 0 Å². The number of rotatable bonds is 12. The van der Waals surface area contributed by atoms with Crippen molar-refractivity contribution in [2.45, 2.75) is 81.9 Å². The molecule has 0 amide bonds. The molecule has 338 valence electrons. The number of ether oxygens (including phenoxy) is 1. The molecule has 2 heterocycles. The molecule has 0 aliphatic carbocycles. The van der Waals surface area contributed by atoms with Gasteiger partial charge in [0.1, 0.15) is 11.5 Å². The van der Waals surface area contributed by atoms with Gasteiger partial charge in [0, 0.05) is 44.8 Å². The fourth-order valence-corrected chi connectivity index (χ4v) is 9.98. The summed E-state index contributed by atoms with van der Waals surface area (Å²) < 4.78 is 7.00. The predicted octanol–water partition coefficient (Wildman–Crippen LogP) is 17.6. The van der Waals surface area contributed by atoms with Crippen LogP contribution in [0.25, 0.3) is 22.4 Å². The zero-order valence-corrected chi connectivity index (χ0v) is 41.2. The summed E-state index contributed by atoms with van der Waals surface area (Å²) in [4.78, 5) is 14.7. The lowest BCUT2D eigenvalue weighted by Crippen LogP contribution is -2.14. The molecule has 68 heavy (non-hydrogen) atoms. The zero-order valence-electron chi connectivity index (χ0n) is 40.4. The van der Waals surface area contributed by atoms with Crippen molar-refractivity contribution in [1.82, 2.24) is 9.97 Å². The van der Waals surface area contributed by atoms with E-state index in [2.05, 4.69) is 242 Å². The van der Waals surface area contributed by atoms with Crippen LogP contribution in [0.3, 0.4) is 0 Å². The number of hydrogen-bond acceptors (Lipinski definition) is 5. The van der Waals surface area contributed by atoms with E-state index >= 15 is 0 Å². The van der Waals surface area contributed by atoms with E-state index in [-0.39, 0.29) is 16.7 Å². The lowest BCUT2D eigenvalue weighted by Gasteiger charge is -2.28. The Labute approximate surface area is 407 Å². The Hall–Kier alpha value is -7.21. The van der Waals surface area contributed by atoms with Crippen molar-refractivity contribution in [2.24, 2.45) is 0 Å². The Morgan fingerprint density at radius 1 is 0.485 bits per heavy atom. The smallest absolute Gasteiger partial charge is 0.128 e. The lowest BCUT2D eigenvalue weighted by molar-refractivity contribution is 0.482. The van der Waals surface area contributed by atoms with Crippen molar-refractivity contribution in [3.8, 4) is 33.9 Å². The number of aryl methyl sites for hydroxylation is 2. The topological polar surface area (TPSA) is 38.2 Å². The second-order valence-corrected chi connectivity index (χ2v) is 20.8. The van der Waals surface area contributed by atoms with Crippen LogP contribution in [-0.2, 0) is 10.8 Å². The first-order valence-electron chi connectivity index (χ1n) is 23.5. The van der Waals surface area contributed by atoms with E-state index in [1.54, 1.807) is 11.8 Å². The number of anilines is 3. The lowest BCUT2D eigenvalue weighted by atomic mass is 9.86. The highest BCUT2D eigenvalue weighted by Crippen LogP contribution is 2.43. The Morgan fingerprint density at radius 2 is 1.10 bits per heavy atom. The van der Waals surface area contributed by atoms with Gasteiger partial charge in [-0.05, 0) is 166 Å². The fraction of sp³-hybridized carbons (Fsp3) is 0.175. The molecule has 0 aliphatic rings. The highest BCUT2D eigenvalue weighted by Gasteiger charge is 2.24. The van der Waals surface area contributed by atoms with E-state index < -0.39 is 0 Å². The van der Waals surface area contributed by atoms with Crippen LogP contribution in [0.15, 0.2) is 216 Å². The number of hydrogen-bond donors (Lipinski definition) is 0. The van der Waals surface area contributed by atoms with Crippen molar-refractivity contribution < 1.29 is 4.74 Å². The largest absolute Gasteiger partial charge is 0.457 e. The molecule has 0 unspecified atom stereocenters. The summed E-state index contributed by atoms with van der Waals surface area (Å²) in [5.41, 5.74) is 15.6. The predicted molar refractivity (Wildman–Crippen MR) is 285 cm³/mol. The van der Waals surface area contributed by atoms with Gasteiger partial charge in [-0.1, -0.05) is 150 Å². The summed E-state index contributed by atoms with van der Waals surface area (Å²) >= 11 is 1.77. The first-order chi connectivity index (χ1) is 32.8. The van der Waals surface area contributed by atoms with Crippen molar-refractivity contribution >= 4 is 28.8 Å². The summed E-state index contributed by atoms with van der Waals surface area (Å²) in [7, 11) is 0. The van der Waals surface area contributed by atoms with Crippen LogP contribution in [0, 0.1) is 13.8 Å². The molecule has 0 spiro atoms. The Bertz CT molecular complexity index is 3070. The molecule has 9 aromatic rings. The third kappa shape index (κ3) is 10.3. The zero-order chi connectivity index (χ0) is 47.4. The first kappa shape index (κ1) is 45.9. The summed E-state index contributed by atoms with van der Waals surface area (Å²) in [6, 6.07) is 69.1. The molecule has 0 N–H and O–H groups in total. The number of aromatic nitrogens is 2. The SMILES string of the molecule is Cc1cccc(C)c1-c1cc(Oc2cccc([C@H](c3ccccn3)c3ccccc3Sc3ccccc3)c2)cc(-c2cc(N(c3ccc(C(C)(C)C)cc3)c3ccc(C(C)(C)C)cc3)ccn2)c1. The van der Waals surface area contributed by atoms with Crippen molar-refractivity contribution in [1.29, 1.82) is 0 Å². The standard InChI is InChI=1S/C63H59N3OS/c1-43-18-16-19-44(2)60(43)47-38-46(58-42-52(35-37-65-58)66(50-31-27-48(28-32-50)62(3,4)5)51-33-29-49(30-34-51)63(6,7)8)40-54(41-47)67-53-21-17-20-45(39-53)61(57-25-14-15-36-64-57)56-24-12-13-26-59(56)68-55-22-10-9-11-23-55/h9-42,61H,1-8H3/t61-/m0/s1. The maximum Gasteiger partial charge on any atom is 0.128 e. The van der Waals surface area contributed by atoms with E-state index in [9.17, 15) is 0 Å². The van der Waals surface area contributed by atoms with E-state index in [0.717, 1.165) is 56.6 Å². The van der Waals surface area contributed by atoms with Gasteiger partial charge in [-0.25, -0.2) is 0 Å². The maximum atomic E-state index is 7.00. The number of nitrogens with zero attached hydrogens (tertiary/aromatic N) is 3. The fourth-order valence-electron chi connectivity index (χ4n) is 8.98. The van der Waals surface area contributed by atoms with Gasteiger partial charge in [0.25, 0.3) is 0 Å². The maximum absolute atomic E-state index is 7.00. The Kier molecular flexibility index (Phi) is 13.2. The van der Waals surface area contributed by atoms with Gasteiger partial charge in [0.15, 0.2) is 0 Å². The van der Waals surface area contributed by atoms with E-state index in [1.165, 1.54) is 43.2 Å².